The van der Waals surface area contributed by atoms with E-state index in [-0.39, 0.29) is 0 Å². The van der Waals surface area contributed by atoms with E-state index in [2.05, 4.69) is 6.58 Å². The second-order valence-electron chi connectivity index (χ2n) is 2.35. The first-order valence-electron chi connectivity index (χ1n) is 2.88. The van der Waals surface area contributed by atoms with Crippen molar-refractivity contribution in [1.29, 1.82) is 0 Å². The van der Waals surface area contributed by atoms with Crippen molar-refractivity contribution >= 4 is 5.78 Å². The van der Waals surface area contributed by atoms with Crippen LogP contribution < -0.4 is 0 Å². The number of Topliss-reactive ketones (excluding diaryl/α,β-unsaturated/α-hetero) is 1. The summed E-state index contributed by atoms with van der Waals surface area (Å²) in [7, 11) is 0. The molecular formula is C7H10O. The van der Waals surface area contributed by atoms with E-state index < -0.39 is 0 Å². The van der Waals surface area contributed by atoms with Crippen LogP contribution in [0.5, 0.6) is 0 Å². The Morgan fingerprint density at radius 2 is 2.50 bits per heavy atom. The molecule has 0 radical (unpaired) electrons. The molecule has 0 aliphatic heterocycles. The van der Waals surface area contributed by atoms with E-state index in [4.69, 9.17) is 0 Å². The smallest absolute Gasteiger partial charge is 0.133 e. The van der Waals surface area contributed by atoms with E-state index in [9.17, 15) is 4.79 Å². The van der Waals surface area contributed by atoms with Gasteiger partial charge in [0, 0.05) is 5.92 Å². The van der Waals surface area contributed by atoms with Gasteiger partial charge < -0.3 is 0 Å². The van der Waals surface area contributed by atoms with Gasteiger partial charge in [0.2, 0.25) is 0 Å². The summed E-state index contributed by atoms with van der Waals surface area (Å²) >= 11 is 0. The van der Waals surface area contributed by atoms with Crippen LogP contribution in [0.1, 0.15) is 13.3 Å². The summed E-state index contributed by atoms with van der Waals surface area (Å²) in [6.45, 7) is 5.25. The van der Waals surface area contributed by atoms with Gasteiger partial charge in [0.1, 0.15) is 5.78 Å². The molecule has 8 heavy (non-hydrogen) atoms. The van der Waals surface area contributed by atoms with Gasteiger partial charge in [0.05, 0.1) is 0 Å². The molecule has 1 aliphatic carbocycles. The lowest BCUT2D eigenvalue weighted by Gasteiger charge is -1.82. The molecule has 0 unspecified atom stereocenters. The van der Waals surface area contributed by atoms with E-state index in [0.29, 0.717) is 17.6 Å². The summed E-state index contributed by atoms with van der Waals surface area (Å²) in [5.41, 5.74) is 0. The molecule has 0 aromatic rings. The average Bonchev–Trinajstić information content (AvgIpc) is 2.42. The molecule has 44 valence electrons. The van der Waals surface area contributed by atoms with Gasteiger partial charge >= 0.3 is 0 Å². The summed E-state index contributed by atoms with van der Waals surface area (Å²) in [5, 5.41) is 0. The van der Waals surface area contributed by atoms with Crippen molar-refractivity contribution in [3.63, 3.8) is 0 Å². The van der Waals surface area contributed by atoms with Crippen LogP contribution in [0.25, 0.3) is 0 Å². The lowest BCUT2D eigenvalue weighted by molar-refractivity contribution is -0.118. The first kappa shape index (κ1) is 5.54. The number of allylic oxidation sites excluding steroid dienone is 1. The monoisotopic (exact) mass is 110 g/mol. The zero-order valence-electron chi connectivity index (χ0n) is 5.05. The number of hydrogen-bond donors (Lipinski definition) is 0. The van der Waals surface area contributed by atoms with Crippen molar-refractivity contribution in [3.05, 3.63) is 12.7 Å². The molecule has 0 aromatic heterocycles. The molecule has 1 nitrogen and oxygen atoms in total. The molecule has 0 saturated heterocycles. The maximum atomic E-state index is 10.5. The normalized spacial score (nSPS) is 34.1. The first-order valence-corrected chi connectivity index (χ1v) is 2.88. The second-order valence-corrected chi connectivity index (χ2v) is 2.35. The highest BCUT2D eigenvalue weighted by molar-refractivity contribution is 5.81. The van der Waals surface area contributed by atoms with E-state index in [1.807, 2.05) is 6.08 Å². The Balaban J connectivity index is 2.36. The van der Waals surface area contributed by atoms with Gasteiger partial charge in [-0.3, -0.25) is 4.79 Å². The van der Waals surface area contributed by atoms with E-state index in [1.54, 1.807) is 6.92 Å². The molecule has 1 fully saturated rings. The Morgan fingerprint density at radius 1 is 1.88 bits per heavy atom. The topological polar surface area (TPSA) is 17.1 Å². The minimum Gasteiger partial charge on any atom is -0.300 e. The van der Waals surface area contributed by atoms with Crippen LogP contribution in [0.3, 0.4) is 0 Å². The van der Waals surface area contributed by atoms with Crippen LogP contribution in [0.15, 0.2) is 12.7 Å². The standard InChI is InChI=1S/C7H10O/c1-3-6-4-7(6)5(2)8/h3,6-7H,1,4H2,2H3/t6-,7+/m1/s1. The number of carbonyl (C=O) groups excluding carboxylic acids is 1. The Kier molecular flexibility index (Phi) is 1.20. The zero-order valence-corrected chi connectivity index (χ0v) is 5.05. The lowest BCUT2D eigenvalue weighted by atomic mass is 10.2. The maximum Gasteiger partial charge on any atom is 0.133 e. The fourth-order valence-corrected chi connectivity index (χ4v) is 0.943. The van der Waals surface area contributed by atoms with Crippen molar-refractivity contribution in [2.24, 2.45) is 11.8 Å². The quantitative estimate of drug-likeness (QED) is 0.491. The summed E-state index contributed by atoms with van der Waals surface area (Å²) < 4.78 is 0. The van der Waals surface area contributed by atoms with Gasteiger partial charge in [-0.25, -0.2) is 0 Å². The number of carbonyl (C=O) groups is 1. The highest BCUT2D eigenvalue weighted by atomic mass is 16.1. The SMILES string of the molecule is C=C[C@@H]1C[C@H]1C(C)=O. The third kappa shape index (κ3) is 0.808. The molecule has 0 spiro atoms. The Hall–Kier alpha value is -0.590. The molecule has 0 heterocycles. The Labute approximate surface area is 49.4 Å². The van der Waals surface area contributed by atoms with Gasteiger partial charge in [0.15, 0.2) is 0 Å². The largest absolute Gasteiger partial charge is 0.300 e. The van der Waals surface area contributed by atoms with Crippen molar-refractivity contribution in [3.8, 4) is 0 Å². The van der Waals surface area contributed by atoms with Gasteiger partial charge in [-0.1, -0.05) is 6.08 Å². The van der Waals surface area contributed by atoms with Gasteiger partial charge in [-0.05, 0) is 19.3 Å². The van der Waals surface area contributed by atoms with Crippen molar-refractivity contribution < 1.29 is 4.79 Å². The molecule has 1 saturated carbocycles. The van der Waals surface area contributed by atoms with Crippen LogP contribution in [0.2, 0.25) is 0 Å². The zero-order chi connectivity index (χ0) is 6.15. The molecule has 2 atom stereocenters. The lowest BCUT2D eigenvalue weighted by Crippen LogP contribution is -1.92. The number of hydrogen-bond acceptors (Lipinski definition) is 1. The molecule has 0 aromatic carbocycles. The predicted octanol–water partition coefficient (Wildman–Crippen LogP) is 1.40. The highest BCUT2D eigenvalue weighted by Crippen LogP contribution is 2.39. The number of ketones is 1. The Morgan fingerprint density at radius 3 is 2.62 bits per heavy atom. The summed E-state index contributed by atoms with van der Waals surface area (Å²) in [4.78, 5) is 10.5. The number of rotatable bonds is 2. The van der Waals surface area contributed by atoms with Crippen LogP contribution in [0, 0.1) is 11.8 Å². The molecule has 1 rings (SSSR count). The highest BCUT2D eigenvalue weighted by Gasteiger charge is 2.37. The van der Waals surface area contributed by atoms with E-state index in [1.165, 1.54) is 0 Å². The third-order valence-corrected chi connectivity index (χ3v) is 1.66. The maximum absolute atomic E-state index is 10.5. The average molecular weight is 110 g/mol. The van der Waals surface area contributed by atoms with Crippen molar-refractivity contribution in [1.82, 2.24) is 0 Å². The molecule has 0 amide bonds. The molecule has 0 bridgehead atoms. The van der Waals surface area contributed by atoms with Gasteiger partial charge in [-0.15, -0.1) is 6.58 Å². The minimum absolute atomic E-state index is 0.315. The fourth-order valence-electron chi connectivity index (χ4n) is 0.943. The molecule has 0 N–H and O–H groups in total. The molecular weight excluding hydrogens is 100 g/mol. The van der Waals surface area contributed by atoms with E-state index in [0.717, 1.165) is 6.42 Å². The van der Waals surface area contributed by atoms with Crippen molar-refractivity contribution in [2.45, 2.75) is 13.3 Å². The van der Waals surface area contributed by atoms with Gasteiger partial charge in [0.25, 0.3) is 0 Å². The van der Waals surface area contributed by atoms with Crippen molar-refractivity contribution in [2.75, 3.05) is 0 Å². The third-order valence-electron chi connectivity index (χ3n) is 1.66. The molecule has 1 heteroatoms. The summed E-state index contributed by atoms with van der Waals surface area (Å²) in [5.74, 6) is 1.15. The minimum atomic E-state index is 0.315. The van der Waals surface area contributed by atoms with Gasteiger partial charge in [-0.2, -0.15) is 0 Å². The summed E-state index contributed by atoms with van der Waals surface area (Å²) in [6.07, 6.45) is 2.91. The van der Waals surface area contributed by atoms with Crippen LogP contribution in [-0.2, 0) is 4.79 Å². The van der Waals surface area contributed by atoms with Crippen LogP contribution in [-0.4, -0.2) is 5.78 Å². The van der Waals surface area contributed by atoms with E-state index >= 15 is 0 Å². The fraction of sp³-hybridized carbons (Fsp3) is 0.571. The second kappa shape index (κ2) is 1.73. The van der Waals surface area contributed by atoms with Crippen LogP contribution in [0.4, 0.5) is 0 Å². The first-order chi connectivity index (χ1) is 3.75. The summed E-state index contributed by atoms with van der Waals surface area (Å²) in [6, 6.07) is 0. The predicted molar refractivity (Wildman–Crippen MR) is 32.5 cm³/mol. The van der Waals surface area contributed by atoms with Crippen LogP contribution >= 0.6 is 0 Å². The molecule has 1 aliphatic rings. The Bertz CT molecular complexity index is 126.